The van der Waals surface area contributed by atoms with Crippen molar-refractivity contribution in [3.05, 3.63) is 70.3 Å². The van der Waals surface area contributed by atoms with Crippen LogP contribution in [0.2, 0.25) is 0 Å². The van der Waals surface area contributed by atoms with Crippen LogP contribution in [0, 0.1) is 0 Å². The predicted molar refractivity (Wildman–Crippen MR) is 118 cm³/mol. The molecule has 0 radical (unpaired) electrons. The number of nitrogens with two attached hydrogens (primary N) is 2. The molecule has 0 bridgehead atoms. The van der Waals surface area contributed by atoms with E-state index in [-0.39, 0.29) is 48.8 Å². The summed E-state index contributed by atoms with van der Waals surface area (Å²) in [6, 6.07) is 7.15. The fraction of sp³-hybridized carbons (Fsp3) is 0.273. The molecule has 3 aromatic rings. The number of carbonyl (C=O) groups excluding carboxylic acids is 4. The van der Waals surface area contributed by atoms with Gasteiger partial charge in [0.05, 0.1) is 44.3 Å². The summed E-state index contributed by atoms with van der Waals surface area (Å²) in [6.07, 6.45) is 2.48. The molecule has 178 valence electrons. The van der Waals surface area contributed by atoms with Gasteiger partial charge < -0.3 is 20.9 Å². The minimum atomic E-state index is -0.799. The summed E-state index contributed by atoms with van der Waals surface area (Å²) in [4.78, 5) is 47.9. The third-order valence-corrected chi connectivity index (χ3v) is 4.83. The first kappa shape index (κ1) is 24.2. The minimum Gasteiger partial charge on any atom is -0.462 e. The van der Waals surface area contributed by atoms with Gasteiger partial charge in [-0.05, 0) is 25.0 Å². The molecule has 0 unspecified atom stereocenters. The first-order valence-electron chi connectivity index (χ1n) is 10.4. The van der Waals surface area contributed by atoms with Gasteiger partial charge in [0.25, 0.3) is 11.8 Å². The van der Waals surface area contributed by atoms with Crippen LogP contribution in [0.5, 0.6) is 0 Å². The number of amides is 2. The highest BCUT2D eigenvalue weighted by atomic mass is 16.5. The molecule has 0 saturated carbocycles. The zero-order chi connectivity index (χ0) is 24.8. The van der Waals surface area contributed by atoms with Gasteiger partial charge in [-0.2, -0.15) is 10.2 Å². The van der Waals surface area contributed by atoms with Gasteiger partial charge in [0, 0.05) is 0 Å². The molecule has 2 aromatic heterocycles. The van der Waals surface area contributed by atoms with Crippen LogP contribution in [0.25, 0.3) is 0 Å². The Balaban J connectivity index is 1.81. The van der Waals surface area contributed by atoms with E-state index in [4.69, 9.17) is 20.9 Å². The summed E-state index contributed by atoms with van der Waals surface area (Å²) < 4.78 is 12.6. The van der Waals surface area contributed by atoms with Crippen LogP contribution < -0.4 is 11.5 Å². The first-order valence-corrected chi connectivity index (χ1v) is 10.4. The molecule has 0 aliphatic carbocycles. The Morgan fingerprint density at radius 3 is 1.68 bits per heavy atom. The van der Waals surface area contributed by atoms with Crippen molar-refractivity contribution in [2.45, 2.75) is 26.9 Å². The Morgan fingerprint density at radius 2 is 1.21 bits per heavy atom. The van der Waals surface area contributed by atoms with Crippen LogP contribution in [-0.2, 0) is 22.6 Å². The topological polar surface area (TPSA) is 174 Å². The second-order valence-electron chi connectivity index (χ2n) is 7.11. The van der Waals surface area contributed by atoms with Crippen LogP contribution in [0.3, 0.4) is 0 Å². The molecule has 0 aliphatic heterocycles. The van der Waals surface area contributed by atoms with Crippen LogP contribution in [0.15, 0.2) is 36.7 Å². The molecule has 0 saturated heterocycles. The van der Waals surface area contributed by atoms with Crippen LogP contribution in [0.1, 0.15) is 66.7 Å². The number of benzene rings is 1. The molecule has 12 heteroatoms. The van der Waals surface area contributed by atoms with Gasteiger partial charge in [0.1, 0.15) is 11.3 Å². The van der Waals surface area contributed by atoms with E-state index in [0.717, 1.165) is 11.1 Å². The third-order valence-electron chi connectivity index (χ3n) is 4.83. The highest BCUT2D eigenvalue weighted by Crippen LogP contribution is 2.16. The summed E-state index contributed by atoms with van der Waals surface area (Å²) in [6.45, 7) is 3.96. The van der Waals surface area contributed by atoms with Crippen molar-refractivity contribution < 1.29 is 28.7 Å². The first-order chi connectivity index (χ1) is 16.3. The number of esters is 2. The number of nitrogens with zero attached hydrogens (tertiary/aromatic N) is 4. The van der Waals surface area contributed by atoms with E-state index >= 15 is 0 Å². The quantitative estimate of drug-likeness (QED) is 0.409. The van der Waals surface area contributed by atoms with Crippen molar-refractivity contribution in [3.8, 4) is 0 Å². The molecule has 0 atom stereocenters. The lowest BCUT2D eigenvalue weighted by Crippen LogP contribution is -2.22. The molecule has 0 spiro atoms. The Hall–Kier alpha value is -4.48. The largest absolute Gasteiger partial charge is 0.462 e. The maximum atomic E-state index is 12.3. The van der Waals surface area contributed by atoms with E-state index in [0.29, 0.717) is 0 Å². The van der Waals surface area contributed by atoms with Gasteiger partial charge >= 0.3 is 11.9 Å². The van der Waals surface area contributed by atoms with E-state index in [1.165, 1.54) is 21.8 Å². The van der Waals surface area contributed by atoms with Gasteiger partial charge in [0.15, 0.2) is 5.69 Å². The highest BCUT2D eigenvalue weighted by molar-refractivity contribution is 6.04. The zero-order valence-electron chi connectivity index (χ0n) is 18.7. The monoisotopic (exact) mass is 468 g/mol. The standard InChI is InChI=1S/C22H24N6O6/c1-3-33-21(31)16-10-26-27(17(16)20(24)30)11-13-5-7-14(8-6-13)12-28-18(22(32)34-4-2)15(9-25-28)19(23)29/h5-10H,3-4,11-12H2,1-2H3,(H2,23,29)(H2,24,30). The Labute approximate surface area is 194 Å². The molecule has 4 N–H and O–H groups in total. The predicted octanol–water partition coefficient (Wildman–Crippen LogP) is 0.727. The maximum Gasteiger partial charge on any atom is 0.357 e. The molecule has 12 nitrogen and oxygen atoms in total. The third kappa shape index (κ3) is 5.11. The summed E-state index contributed by atoms with van der Waals surface area (Å²) in [5, 5.41) is 8.20. The minimum absolute atomic E-state index is 0.00130. The van der Waals surface area contributed by atoms with Crippen LogP contribution in [-0.4, -0.2) is 56.5 Å². The number of primary amides is 2. The number of aromatic nitrogens is 4. The number of hydrogen-bond acceptors (Lipinski definition) is 8. The number of hydrogen-bond donors (Lipinski definition) is 2. The van der Waals surface area contributed by atoms with Crippen molar-refractivity contribution >= 4 is 23.8 Å². The van der Waals surface area contributed by atoms with E-state index in [1.54, 1.807) is 38.1 Å². The van der Waals surface area contributed by atoms with Crippen molar-refractivity contribution in [2.24, 2.45) is 11.5 Å². The van der Waals surface area contributed by atoms with E-state index in [2.05, 4.69) is 10.2 Å². The summed E-state index contributed by atoms with van der Waals surface area (Å²) in [5.41, 5.74) is 12.3. The number of carbonyl (C=O) groups is 4. The zero-order valence-corrected chi connectivity index (χ0v) is 18.7. The Bertz CT molecular complexity index is 1230. The normalized spacial score (nSPS) is 10.6. The maximum absolute atomic E-state index is 12.3. The molecule has 0 aliphatic rings. The van der Waals surface area contributed by atoms with Crippen LogP contribution >= 0.6 is 0 Å². The Morgan fingerprint density at radius 1 is 0.735 bits per heavy atom. The molecule has 2 amide bonds. The fourth-order valence-corrected chi connectivity index (χ4v) is 3.32. The molecule has 0 fully saturated rings. The second kappa shape index (κ2) is 10.4. The average molecular weight is 468 g/mol. The molecular formula is C22H24N6O6. The second-order valence-corrected chi connectivity index (χ2v) is 7.11. The van der Waals surface area contributed by atoms with Crippen molar-refractivity contribution in [1.29, 1.82) is 0 Å². The smallest absolute Gasteiger partial charge is 0.357 e. The summed E-state index contributed by atoms with van der Waals surface area (Å²) in [5.74, 6) is -2.95. The lowest BCUT2D eigenvalue weighted by molar-refractivity contribution is 0.0505. The average Bonchev–Trinajstić information content (AvgIpc) is 3.40. The lowest BCUT2D eigenvalue weighted by Gasteiger charge is -2.10. The van der Waals surface area contributed by atoms with Crippen molar-refractivity contribution in [2.75, 3.05) is 13.2 Å². The van der Waals surface area contributed by atoms with Gasteiger partial charge in [-0.25, -0.2) is 9.59 Å². The number of ether oxygens (including phenoxy) is 2. The molecule has 1 aromatic carbocycles. The van der Waals surface area contributed by atoms with Crippen LogP contribution in [0.4, 0.5) is 0 Å². The molecular weight excluding hydrogens is 444 g/mol. The molecule has 34 heavy (non-hydrogen) atoms. The van der Waals surface area contributed by atoms with E-state index < -0.39 is 23.8 Å². The van der Waals surface area contributed by atoms with Gasteiger partial charge in [-0.15, -0.1) is 0 Å². The van der Waals surface area contributed by atoms with Gasteiger partial charge in [-0.3, -0.25) is 19.0 Å². The van der Waals surface area contributed by atoms with Crippen molar-refractivity contribution in [3.63, 3.8) is 0 Å². The van der Waals surface area contributed by atoms with E-state index in [9.17, 15) is 19.2 Å². The number of rotatable bonds is 10. The Kier molecular flexibility index (Phi) is 7.41. The SMILES string of the molecule is CCOC(=O)c1cnn(Cc2ccc(Cn3ncc(C(N)=O)c3C(=O)OCC)cc2)c1C(N)=O. The highest BCUT2D eigenvalue weighted by Gasteiger charge is 2.24. The summed E-state index contributed by atoms with van der Waals surface area (Å²) >= 11 is 0. The molecule has 2 heterocycles. The summed E-state index contributed by atoms with van der Waals surface area (Å²) in [7, 11) is 0. The van der Waals surface area contributed by atoms with Gasteiger partial charge in [-0.1, -0.05) is 24.3 Å². The van der Waals surface area contributed by atoms with E-state index in [1.807, 2.05) is 0 Å². The molecule has 3 rings (SSSR count). The lowest BCUT2D eigenvalue weighted by atomic mass is 10.1. The van der Waals surface area contributed by atoms with Crippen molar-refractivity contribution in [1.82, 2.24) is 19.6 Å². The van der Waals surface area contributed by atoms with Gasteiger partial charge in [0.2, 0.25) is 0 Å². The fourth-order valence-electron chi connectivity index (χ4n) is 3.32.